The predicted octanol–water partition coefficient (Wildman–Crippen LogP) is 4.73. The molecule has 2 aromatic carbocycles. The minimum Gasteiger partial charge on any atom is -0.487 e. The topological polar surface area (TPSA) is 80.3 Å². The maximum Gasteiger partial charge on any atom is 0.255 e. The van der Waals surface area contributed by atoms with Gasteiger partial charge in [0.2, 0.25) is 0 Å². The van der Waals surface area contributed by atoms with E-state index in [9.17, 15) is 9.59 Å². The summed E-state index contributed by atoms with van der Waals surface area (Å²) in [5.41, 5.74) is 3.27. The van der Waals surface area contributed by atoms with Crippen LogP contribution < -0.4 is 15.4 Å². The van der Waals surface area contributed by atoms with Gasteiger partial charge in [-0.3, -0.25) is 9.59 Å². The number of aromatic nitrogens is 1. The third-order valence-corrected chi connectivity index (χ3v) is 5.13. The Morgan fingerprint density at radius 3 is 2.60 bits per heavy atom. The highest BCUT2D eigenvalue weighted by molar-refractivity contribution is 7.09. The van der Waals surface area contributed by atoms with Gasteiger partial charge in [0.05, 0.1) is 10.7 Å². The molecule has 0 fully saturated rings. The van der Waals surface area contributed by atoms with Gasteiger partial charge < -0.3 is 15.4 Å². The molecule has 0 spiro atoms. The molecule has 30 heavy (non-hydrogen) atoms. The summed E-state index contributed by atoms with van der Waals surface area (Å²) in [5.74, 6) is 0.157. The van der Waals surface area contributed by atoms with Gasteiger partial charge >= 0.3 is 0 Å². The number of aryl methyl sites for hydroxylation is 2. The molecule has 0 saturated carbocycles. The van der Waals surface area contributed by atoms with Gasteiger partial charge in [0.1, 0.15) is 12.4 Å². The van der Waals surface area contributed by atoms with Crippen molar-refractivity contribution in [3.8, 4) is 5.75 Å². The number of carbonyl (C=O) groups excluding carboxylic acids is 2. The molecular formula is C23H25N3O3S. The van der Waals surface area contributed by atoms with Crippen LogP contribution in [-0.4, -0.2) is 22.8 Å². The Kier molecular flexibility index (Phi) is 6.84. The fourth-order valence-electron chi connectivity index (χ4n) is 2.85. The number of thiazole rings is 1. The summed E-state index contributed by atoms with van der Waals surface area (Å²) in [5, 5.41) is 8.67. The molecule has 2 amide bonds. The fraction of sp³-hybridized carbons (Fsp3) is 0.261. The van der Waals surface area contributed by atoms with E-state index in [1.165, 1.54) is 0 Å². The van der Waals surface area contributed by atoms with Gasteiger partial charge in [0, 0.05) is 28.2 Å². The minimum atomic E-state index is -0.274. The second kappa shape index (κ2) is 9.54. The number of benzene rings is 2. The Balaban J connectivity index is 1.69. The monoisotopic (exact) mass is 423 g/mol. The number of amides is 2. The second-order valence-electron chi connectivity index (χ2n) is 7.29. The molecule has 3 rings (SSSR count). The molecule has 6 nitrogen and oxygen atoms in total. The number of anilines is 1. The van der Waals surface area contributed by atoms with Gasteiger partial charge in [-0.1, -0.05) is 12.1 Å². The zero-order valence-corrected chi connectivity index (χ0v) is 18.3. The van der Waals surface area contributed by atoms with Crippen molar-refractivity contribution in [2.75, 3.05) is 5.32 Å². The Morgan fingerprint density at radius 1 is 1.10 bits per heavy atom. The quantitative estimate of drug-likeness (QED) is 0.576. The summed E-state index contributed by atoms with van der Waals surface area (Å²) >= 11 is 1.57. The lowest BCUT2D eigenvalue weighted by molar-refractivity contribution is 0.0941. The average Bonchev–Trinajstić information content (AvgIpc) is 3.12. The van der Waals surface area contributed by atoms with Gasteiger partial charge in [0.15, 0.2) is 0 Å². The first-order valence-corrected chi connectivity index (χ1v) is 10.6. The third-order valence-electron chi connectivity index (χ3n) is 4.31. The van der Waals surface area contributed by atoms with E-state index < -0.39 is 0 Å². The molecule has 7 heteroatoms. The molecule has 0 aliphatic carbocycles. The van der Waals surface area contributed by atoms with Crippen LogP contribution in [0.3, 0.4) is 0 Å². The van der Waals surface area contributed by atoms with Crippen molar-refractivity contribution < 1.29 is 14.3 Å². The molecule has 0 aliphatic rings. The van der Waals surface area contributed by atoms with Gasteiger partial charge in [-0.2, -0.15) is 0 Å². The van der Waals surface area contributed by atoms with E-state index in [0.29, 0.717) is 29.2 Å². The number of ether oxygens (including phenoxy) is 1. The van der Waals surface area contributed by atoms with Crippen LogP contribution in [0, 0.1) is 13.8 Å². The second-order valence-corrected chi connectivity index (χ2v) is 8.35. The average molecular weight is 424 g/mol. The van der Waals surface area contributed by atoms with E-state index in [1.807, 2.05) is 39.1 Å². The van der Waals surface area contributed by atoms with E-state index in [4.69, 9.17) is 4.74 Å². The summed E-state index contributed by atoms with van der Waals surface area (Å²) in [6.07, 6.45) is 0. The smallest absolute Gasteiger partial charge is 0.255 e. The zero-order chi connectivity index (χ0) is 21.7. The summed E-state index contributed by atoms with van der Waals surface area (Å²) in [6, 6.07) is 12.3. The van der Waals surface area contributed by atoms with Crippen LogP contribution in [0.25, 0.3) is 0 Å². The summed E-state index contributed by atoms with van der Waals surface area (Å²) in [7, 11) is 0. The Morgan fingerprint density at radius 2 is 1.90 bits per heavy atom. The Bertz CT molecular complexity index is 1060. The molecule has 1 heterocycles. The van der Waals surface area contributed by atoms with Gasteiger partial charge in [-0.25, -0.2) is 4.98 Å². The molecule has 0 aliphatic heterocycles. The molecule has 0 bridgehead atoms. The van der Waals surface area contributed by atoms with E-state index in [1.54, 1.807) is 47.7 Å². The lowest BCUT2D eigenvalue weighted by Crippen LogP contribution is -2.30. The molecule has 0 unspecified atom stereocenters. The highest BCUT2D eigenvalue weighted by Crippen LogP contribution is 2.19. The molecule has 156 valence electrons. The first-order valence-electron chi connectivity index (χ1n) is 9.68. The molecule has 2 N–H and O–H groups in total. The number of carbonyl (C=O) groups is 2. The lowest BCUT2D eigenvalue weighted by atomic mass is 10.1. The number of nitrogens with one attached hydrogen (secondary N) is 2. The molecular weight excluding hydrogens is 398 g/mol. The van der Waals surface area contributed by atoms with Crippen LogP contribution in [0.4, 0.5) is 5.69 Å². The highest BCUT2D eigenvalue weighted by Gasteiger charge is 2.13. The van der Waals surface area contributed by atoms with E-state index in [0.717, 1.165) is 16.3 Å². The van der Waals surface area contributed by atoms with E-state index >= 15 is 0 Å². The summed E-state index contributed by atoms with van der Waals surface area (Å²) < 4.78 is 5.76. The lowest BCUT2D eigenvalue weighted by Gasteiger charge is -2.13. The summed E-state index contributed by atoms with van der Waals surface area (Å²) in [6.45, 7) is 7.97. The first kappa shape index (κ1) is 21.5. The van der Waals surface area contributed by atoms with Crippen LogP contribution in [0.5, 0.6) is 5.75 Å². The molecule has 0 radical (unpaired) electrons. The van der Waals surface area contributed by atoms with Crippen molar-refractivity contribution in [2.45, 2.75) is 40.3 Å². The Labute approximate surface area is 180 Å². The zero-order valence-electron chi connectivity index (χ0n) is 17.5. The van der Waals surface area contributed by atoms with E-state index in [2.05, 4.69) is 15.6 Å². The van der Waals surface area contributed by atoms with Crippen molar-refractivity contribution in [3.63, 3.8) is 0 Å². The van der Waals surface area contributed by atoms with Crippen LogP contribution in [0.1, 0.15) is 50.8 Å². The maximum absolute atomic E-state index is 12.7. The minimum absolute atomic E-state index is 0.0334. The largest absolute Gasteiger partial charge is 0.487 e. The van der Waals surface area contributed by atoms with Crippen molar-refractivity contribution in [1.82, 2.24) is 10.3 Å². The van der Waals surface area contributed by atoms with E-state index in [-0.39, 0.29) is 17.9 Å². The van der Waals surface area contributed by atoms with Gasteiger partial charge in [-0.05, 0) is 63.6 Å². The number of nitrogens with zero attached hydrogens (tertiary/aromatic N) is 1. The third kappa shape index (κ3) is 5.67. The highest BCUT2D eigenvalue weighted by atomic mass is 32.1. The first-order chi connectivity index (χ1) is 14.3. The number of rotatable bonds is 7. The fourth-order valence-corrected chi connectivity index (χ4v) is 3.44. The molecule has 1 aromatic heterocycles. The van der Waals surface area contributed by atoms with Crippen LogP contribution >= 0.6 is 11.3 Å². The standard InChI is InChI=1S/C23H25N3O3S/c1-14(2)24-23(28)21-11-18(9-8-15(21)3)26-22(27)17-6-5-7-20(10-17)29-12-19-13-30-16(4)25-19/h5-11,13-14H,12H2,1-4H3,(H,24,28)(H,26,27). The number of hydrogen-bond donors (Lipinski definition) is 2. The molecule has 0 saturated heterocycles. The normalized spacial score (nSPS) is 10.7. The van der Waals surface area contributed by atoms with Gasteiger partial charge in [-0.15, -0.1) is 11.3 Å². The van der Waals surface area contributed by atoms with Crippen molar-refractivity contribution in [1.29, 1.82) is 0 Å². The molecule has 3 aromatic rings. The Hall–Kier alpha value is -3.19. The van der Waals surface area contributed by atoms with Crippen molar-refractivity contribution in [2.24, 2.45) is 0 Å². The van der Waals surface area contributed by atoms with Crippen molar-refractivity contribution in [3.05, 3.63) is 75.2 Å². The van der Waals surface area contributed by atoms with Crippen LogP contribution in [-0.2, 0) is 6.61 Å². The summed E-state index contributed by atoms with van der Waals surface area (Å²) in [4.78, 5) is 29.5. The van der Waals surface area contributed by atoms with Crippen LogP contribution in [0.2, 0.25) is 0 Å². The molecule has 0 atom stereocenters. The van der Waals surface area contributed by atoms with Crippen molar-refractivity contribution >= 4 is 28.8 Å². The number of hydrogen-bond acceptors (Lipinski definition) is 5. The predicted molar refractivity (Wildman–Crippen MR) is 119 cm³/mol. The maximum atomic E-state index is 12.7. The van der Waals surface area contributed by atoms with Crippen LogP contribution in [0.15, 0.2) is 47.8 Å². The SMILES string of the molecule is Cc1nc(COc2cccc(C(=O)Nc3ccc(C)c(C(=O)NC(C)C)c3)c2)cs1. The van der Waals surface area contributed by atoms with Gasteiger partial charge in [0.25, 0.3) is 11.8 Å².